The monoisotopic (exact) mass is 366 g/mol. The zero-order valence-corrected chi connectivity index (χ0v) is 15.6. The number of amides is 1. The normalized spacial score (nSPS) is 10.6. The number of hydrogen-bond donors (Lipinski definition) is 1. The van der Waals surface area contributed by atoms with E-state index in [-0.39, 0.29) is 5.91 Å². The highest BCUT2D eigenvalue weighted by atomic mass is 16.1. The van der Waals surface area contributed by atoms with E-state index < -0.39 is 0 Å². The first kappa shape index (κ1) is 17.5. The van der Waals surface area contributed by atoms with Crippen LogP contribution in [0.25, 0.3) is 22.3 Å². The van der Waals surface area contributed by atoms with Gasteiger partial charge in [0.25, 0.3) is 5.91 Å². The van der Waals surface area contributed by atoms with Crippen LogP contribution in [0.15, 0.2) is 60.7 Å². The molecule has 0 spiro atoms. The number of nitrogens with one attached hydrogen (secondary N) is 1. The fraction of sp³-hybridized carbons (Fsp3) is 0.0870. The standard InChI is InChI=1S/C23H18N4O/c1-4-16-9-8-12-18(13-16)24-23(28)19-14-20(17-10-6-5-7-11-17)25-22-21(19)15(2)26-27(22)3/h1,5-14H,2-3H3,(H,24,28). The Bertz CT molecular complexity index is 1230. The van der Waals surface area contributed by atoms with Crippen molar-refractivity contribution in [3.8, 4) is 23.6 Å². The third-order valence-corrected chi connectivity index (χ3v) is 4.57. The summed E-state index contributed by atoms with van der Waals surface area (Å²) in [5.74, 6) is 2.35. The van der Waals surface area contributed by atoms with Crippen molar-refractivity contribution in [3.05, 3.63) is 77.5 Å². The first-order valence-corrected chi connectivity index (χ1v) is 8.84. The lowest BCUT2D eigenvalue weighted by Crippen LogP contribution is -2.13. The molecule has 0 fully saturated rings. The van der Waals surface area contributed by atoms with E-state index in [1.807, 2.05) is 68.6 Å². The molecule has 28 heavy (non-hydrogen) atoms. The molecule has 136 valence electrons. The Hall–Kier alpha value is -3.91. The van der Waals surface area contributed by atoms with Gasteiger partial charge in [-0.3, -0.25) is 9.48 Å². The first-order valence-electron chi connectivity index (χ1n) is 8.84. The van der Waals surface area contributed by atoms with Gasteiger partial charge in [-0.1, -0.05) is 42.3 Å². The van der Waals surface area contributed by atoms with Crippen LogP contribution in [-0.2, 0) is 7.05 Å². The second kappa shape index (κ2) is 7.01. The second-order valence-electron chi connectivity index (χ2n) is 6.51. The van der Waals surface area contributed by atoms with Crippen LogP contribution < -0.4 is 5.32 Å². The summed E-state index contributed by atoms with van der Waals surface area (Å²) in [4.78, 5) is 17.9. The van der Waals surface area contributed by atoms with Crippen molar-refractivity contribution in [3.63, 3.8) is 0 Å². The third kappa shape index (κ3) is 3.12. The van der Waals surface area contributed by atoms with Gasteiger partial charge in [-0.15, -0.1) is 6.42 Å². The maximum absolute atomic E-state index is 13.1. The van der Waals surface area contributed by atoms with Gasteiger partial charge < -0.3 is 5.32 Å². The minimum absolute atomic E-state index is 0.227. The summed E-state index contributed by atoms with van der Waals surface area (Å²) < 4.78 is 1.70. The minimum Gasteiger partial charge on any atom is -0.322 e. The summed E-state index contributed by atoms with van der Waals surface area (Å²) in [6.45, 7) is 1.88. The summed E-state index contributed by atoms with van der Waals surface area (Å²) in [6.07, 6.45) is 5.46. The number of anilines is 1. The van der Waals surface area contributed by atoms with Crippen LogP contribution in [0.4, 0.5) is 5.69 Å². The molecular formula is C23H18N4O. The highest BCUT2D eigenvalue weighted by molar-refractivity contribution is 6.13. The van der Waals surface area contributed by atoms with Crippen molar-refractivity contribution < 1.29 is 4.79 Å². The number of aromatic nitrogens is 3. The van der Waals surface area contributed by atoms with E-state index in [2.05, 4.69) is 16.3 Å². The number of fused-ring (bicyclic) bond motifs is 1. The molecule has 5 heteroatoms. The lowest BCUT2D eigenvalue weighted by atomic mass is 10.0. The second-order valence-corrected chi connectivity index (χ2v) is 6.51. The first-order chi connectivity index (χ1) is 13.6. The number of nitrogens with zero attached hydrogens (tertiary/aromatic N) is 3. The molecule has 0 bridgehead atoms. The molecular weight excluding hydrogens is 348 g/mol. The van der Waals surface area contributed by atoms with Gasteiger partial charge in [0.15, 0.2) is 5.65 Å². The number of rotatable bonds is 3. The molecule has 2 aromatic carbocycles. The van der Waals surface area contributed by atoms with E-state index >= 15 is 0 Å². The molecule has 0 unspecified atom stereocenters. The SMILES string of the molecule is C#Cc1cccc(NC(=O)c2cc(-c3ccccc3)nc3c2c(C)nn3C)c1. The van der Waals surface area contributed by atoms with Gasteiger partial charge in [0.05, 0.1) is 22.3 Å². The molecule has 0 saturated carbocycles. The number of pyridine rings is 1. The maximum Gasteiger partial charge on any atom is 0.256 e. The summed E-state index contributed by atoms with van der Waals surface area (Å²) in [7, 11) is 1.83. The molecule has 0 radical (unpaired) electrons. The van der Waals surface area contributed by atoms with Crippen molar-refractivity contribution in [2.24, 2.45) is 7.05 Å². The predicted octanol–water partition coefficient (Wildman–Crippen LogP) is 4.18. The van der Waals surface area contributed by atoms with Gasteiger partial charge in [-0.2, -0.15) is 5.10 Å². The zero-order valence-electron chi connectivity index (χ0n) is 15.6. The molecule has 2 aromatic heterocycles. The van der Waals surface area contributed by atoms with Crippen molar-refractivity contribution in [2.45, 2.75) is 6.92 Å². The summed E-state index contributed by atoms with van der Waals surface area (Å²) in [5, 5.41) is 8.13. The van der Waals surface area contributed by atoms with Gasteiger partial charge in [-0.05, 0) is 31.2 Å². The number of carbonyl (C=O) groups is 1. The Morgan fingerprint density at radius 3 is 2.64 bits per heavy atom. The number of carbonyl (C=O) groups excluding carboxylic acids is 1. The van der Waals surface area contributed by atoms with Crippen LogP contribution in [0.5, 0.6) is 0 Å². The fourth-order valence-corrected chi connectivity index (χ4v) is 3.27. The molecule has 0 atom stereocenters. The molecule has 2 heterocycles. The lowest BCUT2D eigenvalue weighted by Gasteiger charge is -2.10. The van der Waals surface area contributed by atoms with Crippen molar-refractivity contribution >= 4 is 22.6 Å². The molecule has 1 N–H and O–H groups in total. The van der Waals surface area contributed by atoms with Crippen LogP contribution in [0.3, 0.4) is 0 Å². The fourth-order valence-electron chi connectivity index (χ4n) is 3.27. The average molecular weight is 366 g/mol. The molecule has 5 nitrogen and oxygen atoms in total. The number of benzene rings is 2. The Balaban J connectivity index is 1.84. The number of aryl methyl sites for hydroxylation is 2. The van der Waals surface area contributed by atoms with Gasteiger partial charge in [0.1, 0.15) is 0 Å². The topological polar surface area (TPSA) is 59.8 Å². The molecule has 4 rings (SSSR count). The average Bonchev–Trinajstić information content (AvgIpc) is 3.02. The Labute approximate surface area is 163 Å². The quantitative estimate of drug-likeness (QED) is 0.554. The maximum atomic E-state index is 13.1. The van der Waals surface area contributed by atoms with Crippen molar-refractivity contribution in [1.29, 1.82) is 0 Å². The van der Waals surface area contributed by atoms with E-state index in [0.29, 0.717) is 22.5 Å². The van der Waals surface area contributed by atoms with E-state index in [1.54, 1.807) is 10.7 Å². The van der Waals surface area contributed by atoms with Gasteiger partial charge >= 0.3 is 0 Å². The number of hydrogen-bond acceptors (Lipinski definition) is 3. The number of terminal acetylenes is 1. The van der Waals surface area contributed by atoms with E-state index in [4.69, 9.17) is 11.4 Å². The zero-order chi connectivity index (χ0) is 19.7. The van der Waals surface area contributed by atoms with Crippen LogP contribution in [0.2, 0.25) is 0 Å². The van der Waals surface area contributed by atoms with E-state index in [1.165, 1.54) is 0 Å². The summed E-state index contributed by atoms with van der Waals surface area (Å²) in [5.41, 5.74) is 4.97. The van der Waals surface area contributed by atoms with Gasteiger partial charge in [-0.25, -0.2) is 4.98 Å². The van der Waals surface area contributed by atoms with Gasteiger partial charge in [0.2, 0.25) is 0 Å². The Morgan fingerprint density at radius 1 is 1.11 bits per heavy atom. The Morgan fingerprint density at radius 2 is 1.89 bits per heavy atom. The molecule has 0 aliphatic rings. The van der Waals surface area contributed by atoms with E-state index in [9.17, 15) is 4.79 Å². The van der Waals surface area contributed by atoms with Crippen LogP contribution in [0.1, 0.15) is 21.6 Å². The summed E-state index contributed by atoms with van der Waals surface area (Å²) in [6, 6.07) is 18.8. The molecule has 4 aromatic rings. The largest absolute Gasteiger partial charge is 0.322 e. The summed E-state index contributed by atoms with van der Waals surface area (Å²) >= 11 is 0. The smallest absolute Gasteiger partial charge is 0.256 e. The van der Waals surface area contributed by atoms with Crippen molar-refractivity contribution in [1.82, 2.24) is 14.8 Å². The highest BCUT2D eigenvalue weighted by Gasteiger charge is 2.19. The molecule has 0 saturated heterocycles. The predicted molar refractivity (Wildman–Crippen MR) is 111 cm³/mol. The van der Waals surface area contributed by atoms with Crippen LogP contribution in [0, 0.1) is 19.3 Å². The van der Waals surface area contributed by atoms with Crippen LogP contribution >= 0.6 is 0 Å². The molecule has 0 aliphatic heterocycles. The highest BCUT2D eigenvalue weighted by Crippen LogP contribution is 2.27. The lowest BCUT2D eigenvalue weighted by molar-refractivity contribution is 0.102. The molecule has 1 amide bonds. The van der Waals surface area contributed by atoms with E-state index in [0.717, 1.165) is 22.3 Å². The Kier molecular flexibility index (Phi) is 4.38. The van der Waals surface area contributed by atoms with Crippen molar-refractivity contribution in [2.75, 3.05) is 5.32 Å². The van der Waals surface area contributed by atoms with Crippen LogP contribution in [-0.4, -0.2) is 20.7 Å². The third-order valence-electron chi connectivity index (χ3n) is 4.57. The minimum atomic E-state index is -0.227. The van der Waals surface area contributed by atoms with Gasteiger partial charge in [0, 0.05) is 23.9 Å². The molecule has 0 aliphatic carbocycles.